The molecule has 0 aliphatic carbocycles. The van der Waals surface area contributed by atoms with Gasteiger partial charge in [-0.25, -0.2) is 9.97 Å². The second-order valence-corrected chi connectivity index (χ2v) is 8.05. The summed E-state index contributed by atoms with van der Waals surface area (Å²) >= 11 is 1.62. The number of fused-ring (bicyclic) bond motifs is 1. The van der Waals surface area contributed by atoms with Crippen molar-refractivity contribution >= 4 is 46.0 Å². The van der Waals surface area contributed by atoms with Gasteiger partial charge >= 0.3 is 0 Å². The molecule has 4 aromatic rings. The van der Waals surface area contributed by atoms with Crippen LogP contribution in [-0.2, 0) is 4.79 Å². The number of anilines is 3. The van der Waals surface area contributed by atoms with Crippen molar-refractivity contribution in [3.8, 4) is 5.69 Å². The molecular formula is C21H22N8OS. The van der Waals surface area contributed by atoms with Crippen LogP contribution in [0.1, 0.15) is 19.3 Å². The zero-order valence-corrected chi connectivity index (χ0v) is 17.7. The van der Waals surface area contributed by atoms with Crippen LogP contribution < -0.4 is 10.6 Å². The maximum absolute atomic E-state index is 11.8. The van der Waals surface area contributed by atoms with Gasteiger partial charge in [0.2, 0.25) is 11.9 Å². The number of hydrogen-bond acceptors (Lipinski definition) is 8. The van der Waals surface area contributed by atoms with Gasteiger partial charge in [-0.15, -0.1) is 0 Å². The molecule has 1 aliphatic heterocycles. The molecule has 10 heteroatoms. The summed E-state index contributed by atoms with van der Waals surface area (Å²) in [6.45, 7) is 2.30. The van der Waals surface area contributed by atoms with E-state index in [4.69, 9.17) is 4.98 Å². The normalized spacial score (nSPS) is 13.8. The van der Waals surface area contributed by atoms with E-state index in [-0.39, 0.29) is 5.91 Å². The lowest BCUT2D eigenvalue weighted by Gasteiger charge is -2.15. The summed E-state index contributed by atoms with van der Waals surface area (Å²) in [5, 5.41) is 10.6. The number of imidazole rings is 1. The van der Waals surface area contributed by atoms with Gasteiger partial charge in [-0.3, -0.25) is 9.36 Å². The third-order valence-corrected chi connectivity index (χ3v) is 5.82. The van der Waals surface area contributed by atoms with Crippen LogP contribution in [0, 0.1) is 0 Å². The number of nitrogens with one attached hydrogen (secondary N) is 2. The van der Waals surface area contributed by atoms with E-state index < -0.39 is 0 Å². The van der Waals surface area contributed by atoms with Gasteiger partial charge in [0.25, 0.3) is 0 Å². The van der Waals surface area contributed by atoms with E-state index in [2.05, 4.69) is 31.0 Å². The van der Waals surface area contributed by atoms with Crippen LogP contribution in [0.5, 0.6) is 0 Å². The number of likely N-dealkylation sites (tertiary alicyclic amines) is 1. The fourth-order valence-electron chi connectivity index (χ4n) is 3.63. The first-order valence-corrected chi connectivity index (χ1v) is 11.2. The topological polar surface area (TPSA) is 101 Å². The number of nitrogens with zero attached hydrogens (tertiary/aromatic N) is 6. The molecule has 0 atom stereocenters. The van der Waals surface area contributed by atoms with Crippen molar-refractivity contribution in [1.29, 1.82) is 0 Å². The highest BCUT2D eigenvalue weighted by atomic mass is 32.1. The molecule has 1 amide bonds. The fourth-order valence-corrected chi connectivity index (χ4v) is 4.26. The van der Waals surface area contributed by atoms with Gasteiger partial charge in [-0.2, -0.15) is 21.3 Å². The molecule has 1 fully saturated rings. The number of hydrogen-bond donors (Lipinski definition) is 2. The summed E-state index contributed by atoms with van der Waals surface area (Å²) in [7, 11) is 0. The molecular weight excluding hydrogens is 412 g/mol. The molecule has 0 aromatic carbocycles. The number of carbonyl (C=O) groups excluding carboxylic acids is 1. The minimum atomic E-state index is 0.251. The Labute approximate surface area is 183 Å². The monoisotopic (exact) mass is 434 g/mol. The zero-order chi connectivity index (χ0) is 21.0. The van der Waals surface area contributed by atoms with Crippen LogP contribution in [0.15, 0.2) is 47.5 Å². The molecule has 0 bridgehead atoms. The Morgan fingerprint density at radius 1 is 1.16 bits per heavy atom. The van der Waals surface area contributed by atoms with Gasteiger partial charge < -0.3 is 15.5 Å². The highest BCUT2D eigenvalue weighted by Crippen LogP contribution is 2.25. The number of carbonyl (C=O) groups is 1. The molecule has 2 N–H and O–H groups in total. The predicted molar refractivity (Wildman–Crippen MR) is 121 cm³/mol. The van der Waals surface area contributed by atoms with Gasteiger partial charge in [0.15, 0.2) is 17.0 Å². The lowest BCUT2D eigenvalue weighted by molar-refractivity contribution is -0.127. The molecule has 0 spiro atoms. The van der Waals surface area contributed by atoms with Crippen molar-refractivity contribution in [2.45, 2.75) is 19.3 Å². The van der Waals surface area contributed by atoms with E-state index in [0.29, 0.717) is 41.7 Å². The Morgan fingerprint density at radius 2 is 2.13 bits per heavy atom. The molecule has 0 radical (unpaired) electrons. The summed E-state index contributed by atoms with van der Waals surface area (Å²) in [4.78, 5) is 31.9. The third kappa shape index (κ3) is 4.19. The molecule has 31 heavy (non-hydrogen) atoms. The number of thiophene rings is 1. The van der Waals surface area contributed by atoms with E-state index in [9.17, 15) is 4.79 Å². The molecule has 1 saturated heterocycles. The number of pyridine rings is 1. The molecule has 5 heterocycles. The Kier molecular flexibility index (Phi) is 5.44. The quantitative estimate of drug-likeness (QED) is 0.410. The lowest BCUT2D eigenvalue weighted by Crippen LogP contribution is -2.27. The molecule has 0 unspecified atom stereocenters. The summed E-state index contributed by atoms with van der Waals surface area (Å²) in [6.07, 6.45) is 5.95. The van der Waals surface area contributed by atoms with Crippen LogP contribution in [0.4, 0.5) is 17.6 Å². The second-order valence-electron chi connectivity index (χ2n) is 7.27. The number of rotatable bonds is 8. The first kappa shape index (κ1) is 19.4. The van der Waals surface area contributed by atoms with Gasteiger partial charge in [0, 0.05) is 37.6 Å². The van der Waals surface area contributed by atoms with E-state index >= 15 is 0 Å². The molecule has 4 aromatic heterocycles. The Bertz CT molecular complexity index is 1180. The van der Waals surface area contributed by atoms with Crippen LogP contribution in [0.3, 0.4) is 0 Å². The predicted octanol–water partition coefficient (Wildman–Crippen LogP) is 3.44. The minimum Gasteiger partial charge on any atom is -0.368 e. The smallest absolute Gasteiger partial charge is 0.232 e. The summed E-state index contributed by atoms with van der Waals surface area (Å²) < 4.78 is 1.95. The highest BCUT2D eigenvalue weighted by molar-refractivity contribution is 7.08. The molecule has 5 rings (SSSR count). The fraction of sp³-hybridized carbons (Fsp3) is 0.286. The van der Waals surface area contributed by atoms with Gasteiger partial charge in [0.05, 0.1) is 5.69 Å². The van der Waals surface area contributed by atoms with Crippen LogP contribution in [0.2, 0.25) is 0 Å². The van der Waals surface area contributed by atoms with Gasteiger partial charge in [-0.05, 0) is 36.4 Å². The van der Waals surface area contributed by atoms with E-state index in [0.717, 1.165) is 31.6 Å². The van der Waals surface area contributed by atoms with Crippen molar-refractivity contribution in [1.82, 2.24) is 29.4 Å². The maximum Gasteiger partial charge on any atom is 0.232 e. The first-order chi connectivity index (χ1) is 15.3. The van der Waals surface area contributed by atoms with Crippen LogP contribution >= 0.6 is 11.3 Å². The molecule has 158 valence electrons. The molecule has 0 saturated carbocycles. The van der Waals surface area contributed by atoms with E-state index in [1.54, 1.807) is 23.9 Å². The Hall–Kier alpha value is -3.53. The Morgan fingerprint density at radius 3 is 2.90 bits per heavy atom. The molecule has 1 aliphatic rings. The molecule has 9 nitrogen and oxygen atoms in total. The van der Waals surface area contributed by atoms with Crippen LogP contribution in [-0.4, -0.2) is 54.9 Å². The maximum atomic E-state index is 11.8. The lowest BCUT2D eigenvalue weighted by atomic mass is 10.3. The highest BCUT2D eigenvalue weighted by Gasteiger charge is 2.19. The van der Waals surface area contributed by atoms with Crippen molar-refractivity contribution in [2.24, 2.45) is 0 Å². The second kappa shape index (κ2) is 8.68. The largest absolute Gasteiger partial charge is 0.368 e. The van der Waals surface area contributed by atoms with Gasteiger partial charge in [-0.1, -0.05) is 6.07 Å². The van der Waals surface area contributed by atoms with Crippen molar-refractivity contribution in [2.75, 3.05) is 30.3 Å². The summed E-state index contributed by atoms with van der Waals surface area (Å²) in [6, 6.07) is 7.66. The third-order valence-electron chi connectivity index (χ3n) is 5.15. The Balaban J connectivity index is 1.40. The number of aromatic nitrogens is 5. The minimum absolute atomic E-state index is 0.251. The average molecular weight is 435 g/mol. The van der Waals surface area contributed by atoms with Crippen molar-refractivity contribution in [3.63, 3.8) is 0 Å². The van der Waals surface area contributed by atoms with E-state index in [1.165, 1.54) is 0 Å². The summed E-state index contributed by atoms with van der Waals surface area (Å²) in [5.41, 5.74) is 2.42. The number of amides is 1. The van der Waals surface area contributed by atoms with Crippen LogP contribution in [0.25, 0.3) is 16.9 Å². The average Bonchev–Trinajstić information content (AvgIpc) is 3.53. The van der Waals surface area contributed by atoms with Crippen molar-refractivity contribution < 1.29 is 4.79 Å². The van der Waals surface area contributed by atoms with E-state index in [1.807, 2.05) is 39.1 Å². The van der Waals surface area contributed by atoms with Crippen molar-refractivity contribution in [3.05, 3.63) is 47.5 Å². The standard InChI is InChI=1S/C21H22N8OS/c30-17-6-3-10-28(17)11-4-9-23-19-18-20(29(14-24-18)15-7-12-31-13-15)27-21(26-19)25-16-5-1-2-8-22-16/h1-2,5,7-8,12-14H,3-4,6,9-11H2,(H2,22,23,25,26,27). The zero-order valence-electron chi connectivity index (χ0n) is 16.9. The first-order valence-electron chi connectivity index (χ1n) is 10.3. The summed E-state index contributed by atoms with van der Waals surface area (Å²) in [5.74, 6) is 2.02. The SMILES string of the molecule is O=C1CCCN1CCCNc1nc(Nc2ccccn2)nc2c1ncn2-c1ccsc1. The van der Waals surface area contributed by atoms with Gasteiger partial charge in [0.1, 0.15) is 12.1 Å².